The minimum absolute atomic E-state index is 0.358. The van der Waals surface area contributed by atoms with Crippen LogP contribution in [-0.4, -0.2) is 26.4 Å². The van der Waals surface area contributed by atoms with Crippen molar-refractivity contribution in [1.29, 1.82) is 0 Å². The maximum absolute atomic E-state index is 11.3. The number of carbonyl (C=O) groups is 1. The quantitative estimate of drug-likeness (QED) is 0.813. The molecular formula is C18H22N2O3. The summed E-state index contributed by atoms with van der Waals surface area (Å²) < 4.78 is 9.97. The van der Waals surface area contributed by atoms with E-state index in [1.165, 1.54) is 5.56 Å². The monoisotopic (exact) mass is 314 g/mol. The molecule has 1 amide bonds. The number of amides is 1. The molecule has 0 fully saturated rings. The summed E-state index contributed by atoms with van der Waals surface area (Å²) in [5, 5.41) is 6.01. The van der Waals surface area contributed by atoms with Gasteiger partial charge in [0, 0.05) is 17.9 Å². The van der Waals surface area contributed by atoms with Crippen LogP contribution in [0.5, 0.6) is 5.75 Å². The number of carbonyl (C=O) groups excluding carboxylic acids is 1. The second-order valence-electron chi connectivity index (χ2n) is 4.95. The van der Waals surface area contributed by atoms with Crippen molar-refractivity contribution < 1.29 is 14.3 Å². The van der Waals surface area contributed by atoms with Gasteiger partial charge in [-0.3, -0.25) is 5.32 Å². The van der Waals surface area contributed by atoms with E-state index >= 15 is 0 Å². The normalized spacial score (nSPS) is 10.0. The lowest BCUT2D eigenvalue weighted by Crippen LogP contribution is -2.13. The molecule has 5 nitrogen and oxygen atoms in total. The van der Waals surface area contributed by atoms with Crippen LogP contribution in [0.4, 0.5) is 16.2 Å². The molecule has 2 rings (SSSR count). The van der Waals surface area contributed by atoms with Crippen LogP contribution in [0.2, 0.25) is 0 Å². The van der Waals surface area contributed by atoms with Crippen molar-refractivity contribution in [3.8, 4) is 5.75 Å². The molecular weight excluding hydrogens is 292 g/mol. The highest BCUT2D eigenvalue weighted by Gasteiger charge is 2.01. The fourth-order valence-electron chi connectivity index (χ4n) is 2.10. The molecule has 0 unspecified atom stereocenters. The highest BCUT2D eigenvalue weighted by Crippen LogP contribution is 2.15. The SMILES string of the molecule is CCOC(=O)Nc1ccc(NCCc2ccc(OC)cc2)cc1. The van der Waals surface area contributed by atoms with Gasteiger partial charge in [-0.2, -0.15) is 0 Å². The molecule has 0 aliphatic rings. The average Bonchev–Trinajstić information content (AvgIpc) is 2.57. The summed E-state index contributed by atoms with van der Waals surface area (Å²) in [6.45, 7) is 2.96. The van der Waals surface area contributed by atoms with Gasteiger partial charge in [-0.15, -0.1) is 0 Å². The first-order chi connectivity index (χ1) is 11.2. The Kier molecular flexibility index (Phi) is 6.29. The fourth-order valence-corrected chi connectivity index (χ4v) is 2.10. The number of ether oxygens (including phenoxy) is 2. The number of methoxy groups -OCH3 is 1. The Labute approximate surface area is 136 Å². The summed E-state index contributed by atoms with van der Waals surface area (Å²) in [5.41, 5.74) is 2.97. The molecule has 0 atom stereocenters. The number of nitrogens with one attached hydrogen (secondary N) is 2. The molecule has 0 heterocycles. The van der Waals surface area contributed by atoms with Crippen molar-refractivity contribution in [2.24, 2.45) is 0 Å². The Bertz CT molecular complexity index is 609. The fraction of sp³-hybridized carbons (Fsp3) is 0.278. The number of hydrogen-bond acceptors (Lipinski definition) is 4. The maximum atomic E-state index is 11.3. The van der Waals surface area contributed by atoms with Gasteiger partial charge in [0.05, 0.1) is 13.7 Å². The smallest absolute Gasteiger partial charge is 0.411 e. The first-order valence-electron chi connectivity index (χ1n) is 7.62. The Morgan fingerprint density at radius 1 is 1.00 bits per heavy atom. The molecule has 2 aromatic rings. The first-order valence-corrected chi connectivity index (χ1v) is 7.62. The molecule has 0 bridgehead atoms. The van der Waals surface area contributed by atoms with Gasteiger partial charge in [0.1, 0.15) is 5.75 Å². The summed E-state index contributed by atoms with van der Waals surface area (Å²) in [6.07, 6.45) is 0.486. The molecule has 122 valence electrons. The molecule has 0 saturated carbocycles. The van der Waals surface area contributed by atoms with Gasteiger partial charge in [-0.25, -0.2) is 4.79 Å². The van der Waals surface area contributed by atoms with Crippen LogP contribution < -0.4 is 15.4 Å². The summed E-state index contributed by atoms with van der Waals surface area (Å²) in [6, 6.07) is 15.6. The number of benzene rings is 2. The molecule has 0 radical (unpaired) electrons. The van der Waals surface area contributed by atoms with Crippen LogP contribution in [0.1, 0.15) is 12.5 Å². The van der Waals surface area contributed by atoms with Gasteiger partial charge >= 0.3 is 6.09 Å². The minimum atomic E-state index is -0.437. The molecule has 0 saturated heterocycles. The second-order valence-corrected chi connectivity index (χ2v) is 4.95. The van der Waals surface area contributed by atoms with Crippen LogP contribution in [0.3, 0.4) is 0 Å². The molecule has 0 spiro atoms. The van der Waals surface area contributed by atoms with E-state index in [9.17, 15) is 4.79 Å². The second kappa shape index (κ2) is 8.68. The van der Waals surface area contributed by atoms with E-state index in [1.807, 2.05) is 36.4 Å². The number of rotatable bonds is 7. The maximum Gasteiger partial charge on any atom is 0.411 e. The zero-order valence-electron chi connectivity index (χ0n) is 13.5. The first kappa shape index (κ1) is 16.7. The zero-order chi connectivity index (χ0) is 16.5. The Morgan fingerprint density at radius 3 is 2.26 bits per heavy atom. The Hall–Kier alpha value is -2.69. The van der Waals surface area contributed by atoms with Crippen LogP contribution in [0, 0.1) is 0 Å². The van der Waals surface area contributed by atoms with Gasteiger partial charge in [0.2, 0.25) is 0 Å². The van der Waals surface area contributed by atoms with Gasteiger partial charge < -0.3 is 14.8 Å². The van der Waals surface area contributed by atoms with E-state index in [-0.39, 0.29) is 0 Å². The van der Waals surface area contributed by atoms with Crippen molar-refractivity contribution in [2.45, 2.75) is 13.3 Å². The summed E-state index contributed by atoms with van der Waals surface area (Å²) in [5.74, 6) is 0.867. The van der Waals surface area contributed by atoms with Gasteiger partial charge in [-0.1, -0.05) is 12.1 Å². The van der Waals surface area contributed by atoms with E-state index in [4.69, 9.17) is 9.47 Å². The lowest BCUT2D eigenvalue weighted by molar-refractivity contribution is 0.168. The number of anilines is 2. The minimum Gasteiger partial charge on any atom is -0.497 e. The van der Waals surface area contributed by atoms with Crippen LogP contribution in [0.15, 0.2) is 48.5 Å². The van der Waals surface area contributed by atoms with Gasteiger partial charge in [0.25, 0.3) is 0 Å². The largest absolute Gasteiger partial charge is 0.497 e. The third-order valence-corrected chi connectivity index (χ3v) is 3.31. The Morgan fingerprint density at radius 2 is 1.65 bits per heavy atom. The summed E-state index contributed by atoms with van der Waals surface area (Å²) in [4.78, 5) is 11.3. The molecule has 2 N–H and O–H groups in total. The summed E-state index contributed by atoms with van der Waals surface area (Å²) >= 11 is 0. The van der Waals surface area contributed by atoms with Gasteiger partial charge in [0.15, 0.2) is 0 Å². The van der Waals surface area contributed by atoms with Crippen LogP contribution in [0.25, 0.3) is 0 Å². The van der Waals surface area contributed by atoms with Crippen molar-refractivity contribution in [3.63, 3.8) is 0 Å². The predicted octanol–water partition coefficient (Wildman–Crippen LogP) is 3.92. The van der Waals surface area contributed by atoms with E-state index in [1.54, 1.807) is 14.0 Å². The predicted molar refractivity (Wildman–Crippen MR) is 92.3 cm³/mol. The molecule has 0 aliphatic carbocycles. The van der Waals surface area contributed by atoms with E-state index in [0.29, 0.717) is 12.3 Å². The molecule has 0 aromatic heterocycles. The van der Waals surface area contributed by atoms with Crippen molar-refractivity contribution in [3.05, 3.63) is 54.1 Å². The molecule has 0 aliphatic heterocycles. The van der Waals surface area contributed by atoms with Gasteiger partial charge in [-0.05, 0) is 55.3 Å². The van der Waals surface area contributed by atoms with Crippen LogP contribution >= 0.6 is 0 Å². The third-order valence-electron chi connectivity index (χ3n) is 3.31. The van der Waals surface area contributed by atoms with Crippen LogP contribution in [-0.2, 0) is 11.2 Å². The molecule has 2 aromatic carbocycles. The average molecular weight is 314 g/mol. The zero-order valence-corrected chi connectivity index (χ0v) is 13.5. The van der Waals surface area contributed by atoms with E-state index < -0.39 is 6.09 Å². The highest BCUT2D eigenvalue weighted by molar-refractivity contribution is 5.84. The standard InChI is InChI=1S/C18H22N2O3/c1-3-23-18(21)20-16-8-6-15(7-9-16)19-13-12-14-4-10-17(22-2)11-5-14/h4-11,19H,3,12-13H2,1-2H3,(H,20,21). The Balaban J connectivity index is 1.78. The topological polar surface area (TPSA) is 59.6 Å². The highest BCUT2D eigenvalue weighted by atomic mass is 16.5. The molecule has 5 heteroatoms. The van der Waals surface area contributed by atoms with E-state index in [2.05, 4.69) is 22.8 Å². The number of hydrogen-bond donors (Lipinski definition) is 2. The van der Waals surface area contributed by atoms with Crippen molar-refractivity contribution >= 4 is 17.5 Å². The lowest BCUT2D eigenvalue weighted by atomic mass is 10.1. The third kappa shape index (κ3) is 5.54. The lowest BCUT2D eigenvalue weighted by Gasteiger charge is -2.09. The van der Waals surface area contributed by atoms with Crippen molar-refractivity contribution in [2.75, 3.05) is 30.9 Å². The molecule has 23 heavy (non-hydrogen) atoms. The summed E-state index contributed by atoms with van der Waals surface area (Å²) in [7, 11) is 1.66. The van der Waals surface area contributed by atoms with Crippen molar-refractivity contribution in [1.82, 2.24) is 0 Å². The van der Waals surface area contributed by atoms with E-state index in [0.717, 1.165) is 24.4 Å².